The summed E-state index contributed by atoms with van der Waals surface area (Å²) >= 11 is 0. The molecular formula is C20H24O3. The number of methoxy groups -OCH3 is 1. The second-order valence-corrected chi connectivity index (χ2v) is 5.13. The molecule has 3 nitrogen and oxygen atoms in total. The van der Waals surface area contributed by atoms with E-state index in [0.717, 1.165) is 12.0 Å². The summed E-state index contributed by atoms with van der Waals surface area (Å²) in [7, 11) is 1.71. The van der Waals surface area contributed by atoms with E-state index < -0.39 is 0 Å². The maximum absolute atomic E-state index is 9.25. The number of benzene rings is 2. The molecule has 0 aliphatic heterocycles. The maximum Gasteiger partial charge on any atom is 0.142 e. The van der Waals surface area contributed by atoms with E-state index >= 15 is 0 Å². The molecule has 122 valence electrons. The third-order valence-electron chi connectivity index (χ3n) is 3.39. The summed E-state index contributed by atoms with van der Waals surface area (Å²) in [6.07, 6.45) is 2.69. The Morgan fingerprint density at radius 3 is 2.35 bits per heavy atom. The third-order valence-corrected chi connectivity index (χ3v) is 3.39. The van der Waals surface area contributed by atoms with Crippen molar-refractivity contribution < 1.29 is 14.6 Å². The van der Waals surface area contributed by atoms with Gasteiger partial charge in [0.1, 0.15) is 6.29 Å². The Morgan fingerprint density at radius 1 is 1.17 bits per heavy atom. The molecule has 0 fully saturated rings. The topological polar surface area (TPSA) is 46.5 Å². The van der Waals surface area contributed by atoms with E-state index in [9.17, 15) is 5.11 Å². The van der Waals surface area contributed by atoms with Crippen LogP contribution in [-0.2, 0) is 22.6 Å². The first-order valence-electron chi connectivity index (χ1n) is 7.51. The molecule has 0 aliphatic carbocycles. The van der Waals surface area contributed by atoms with Crippen LogP contribution in [0.5, 0.6) is 0 Å². The van der Waals surface area contributed by atoms with E-state index in [1.54, 1.807) is 7.11 Å². The predicted molar refractivity (Wildman–Crippen MR) is 94.4 cm³/mol. The molecule has 0 aromatic heterocycles. The minimum absolute atomic E-state index is 0.0775. The average Bonchev–Trinajstić information content (AvgIpc) is 2.60. The lowest BCUT2D eigenvalue weighted by Gasteiger charge is -2.11. The molecule has 0 spiro atoms. The van der Waals surface area contributed by atoms with Crippen molar-refractivity contribution in [2.24, 2.45) is 0 Å². The van der Waals surface area contributed by atoms with Crippen LogP contribution in [0.25, 0.3) is 11.1 Å². The maximum atomic E-state index is 9.25. The molecule has 0 unspecified atom stereocenters. The fraction of sp³-hybridized carbons (Fsp3) is 0.250. The molecule has 2 aromatic rings. The van der Waals surface area contributed by atoms with Crippen molar-refractivity contribution in [3.05, 3.63) is 71.8 Å². The van der Waals surface area contributed by atoms with Gasteiger partial charge in [0.05, 0.1) is 13.2 Å². The Balaban J connectivity index is 0.000000593. The van der Waals surface area contributed by atoms with Crippen LogP contribution in [0.15, 0.2) is 55.1 Å². The first-order valence-corrected chi connectivity index (χ1v) is 7.51. The Morgan fingerprint density at radius 2 is 1.83 bits per heavy atom. The lowest BCUT2D eigenvalue weighted by atomic mass is 9.95. The number of carbonyl (C=O) groups excluding carboxylic acids is 1. The Labute approximate surface area is 138 Å². The largest absolute Gasteiger partial charge is 0.392 e. The molecule has 0 aliphatic rings. The van der Waals surface area contributed by atoms with Gasteiger partial charge in [-0.1, -0.05) is 54.6 Å². The van der Waals surface area contributed by atoms with Crippen molar-refractivity contribution >= 4 is 6.29 Å². The van der Waals surface area contributed by atoms with Gasteiger partial charge in [-0.3, -0.25) is 4.79 Å². The van der Waals surface area contributed by atoms with Crippen molar-refractivity contribution in [3.8, 4) is 11.1 Å². The smallest absolute Gasteiger partial charge is 0.142 e. The summed E-state index contributed by atoms with van der Waals surface area (Å²) in [4.78, 5) is 9.06. The Kier molecular flexibility index (Phi) is 8.58. The lowest BCUT2D eigenvalue weighted by Crippen LogP contribution is -1.99. The highest BCUT2D eigenvalue weighted by Gasteiger charge is 2.06. The van der Waals surface area contributed by atoms with Gasteiger partial charge in [-0.25, -0.2) is 0 Å². The van der Waals surface area contributed by atoms with Gasteiger partial charge >= 0.3 is 0 Å². The molecule has 0 amide bonds. The van der Waals surface area contributed by atoms with Crippen molar-refractivity contribution in [2.75, 3.05) is 13.7 Å². The van der Waals surface area contributed by atoms with Crippen molar-refractivity contribution in [1.29, 1.82) is 0 Å². The van der Waals surface area contributed by atoms with E-state index in [0.29, 0.717) is 12.9 Å². The zero-order valence-corrected chi connectivity index (χ0v) is 13.8. The molecule has 0 atom stereocenters. The normalized spacial score (nSPS) is 9.70. The van der Waals surface area contributed by atoms with Crippen LogP contribution in [0.3, 0.4) is 0 Å². The molecule has 0 saturated heterocycles. The van der Waals surface area contributed by atoms with Gasteiger partial charge in [-0.05, 0) is 41.7 Å². The van der Waals surface area contributed by atoms with Crippen molar-refractivity contribution in [3.63, 3.8) is 0 Å². The molecule has 23 heavy (non-hydrogen) atoms. The molecule has 0 heterocycles. The van der Waals surface area contributed by atoms with Crippen LogP contribution in [0.2, 0.25) is 0 Å². The van der Waals surface area contributed by atoms with Gasteiger partial charge in [-0.2, -0.15) is 0 Å². The van der Waals surface area contributed by atoms with Gasteiger partial charge in [0.2, 0.25) is 0 Å². The average molecular weight is 312 g/mol. The van der Waals surface area contributed by atoms with E-state index in [1.807, 2.05) is 6.07 Å². The molecule has 0 radical (unpaired) electrons. The first-order chi connectivity index (χ1) is 11.2. The second-order valence-electron chi connectivity index (χ2n) is 5.13. The third kappa shape index (κ3) is 6.19. The number of hydrogen-bond acceptors (Lipinski definition) is 3. The summed E-state index contributed by atoms with van der Waals surface area (Å²) < 4.78 is 5.17. The highest BCUT2D eigenvalue weighted by Crippen LogP contribution is 2.26. The number of aryl methyl sites for hydroxylation is 1. The van der Waals surface area contributed by atoms with Crippen LogP contribution in [0, 0.1) is 6.92 Å². The standard InChI is InChI=1S/C17H20O2.C3H4O/c1-13-3-6-15(7-4-13)17-8-5-14(12-18)11-16(17)9-10-19-2;1-2-3-4/h3-8,11,18H,9-10,12H2,1-2H3;2-3H,1H2. The van der Waals surface area contributed by atoms with E-state index in [4.69, 9.17) is 9.53 Å². The Hall–Kier alpha value is -2.23. The van der Waals surface area contributed by atoms with Gasteiger partial charge < -0.3 is 9.84 Å². The summed E-state index contributed by atoms with van der Waals surface area (Å²) in [5, 5.41) is 9.25. The van der Waals surface area contributed by atoms with Crippen LogP contribution < -0.4 is 0 Å². The molecule has 1 N–H and O–H groups in total. The summed E-state index contributed by atoms with van der Waals surface area (Å²) in [5.74, 6) is 0. The molecule has 3 heteroatoms. The van der Waals surface area contributed by atoms with Crippen LogP contribution in [0.1, 0.15) is 16.7 Å². The zero-order valence-electron chi connectivity index (χ0n) is 13.8. The van der Waals surface area contributed by atoms with Crippen molar-refractivity contribution in [1.82, 2.24) is 0 Å². The second kappa shape index (κ2) is 10.5. The quantitative estimate of drug-likeness (QED) is 0.653. The molecule has 2 aromatic carbocycles. The SMILES string of the molecule is C=CC=O.COCCc1cc(CO)ccc1-c1ccc(C)cc1. The number of aldehydes is 1. The molecular weight excluding hydrogens is 288 g/mol. The van der Waals surface area contributed by atoms with Crippen LogP contribution in [0.4, 0.5) is 0 Å². The molecule has 0 bridgehead atoms. The van der Waals surface area contributed by atoms with E-state index in [1.165, 1.54) is 28.3 Å². The van der Waals surface area contributed by atoms with Gasteiger partial charge in [0.25, 0.3) is 0 Å². The van der Waals surface area contributed by atoms with Crippen LogP contribution in [-0.4, -0.2) is 25.1 Å². The monoisotopic (exact) mass is 312 g/mol. The summed E-state index contributed by atoms with van der Waals surface area (Å²) in [5.41, 5.74) is 5.85. The van der Waals surface area contributed by atoms with E-state index in [-0.39, 0.29) is 6.61 Å². The minimum atomic E-state index is 0.0775. The fourth-order valence-corrected chi connectivity index (χ4v) is 2.18. The number of aliphatic hydroxyl groups is 1. The van der Waals surface area contributed by atoms with Gasteiger partial charge in [0, 0.05) is 7.11 Å². The number of rotatable bonds is 6. The highest BCUT2D eigenvalue weighted by molar-refractivity contribution is 5.68. The number of aliphatic hydroxyl groups excluding tert-OH is 1. The van der Waals surface area contributed by atoms with Crippen LogP contribution >= 0.6 is 0 Å². The fourth-order valence-electron chi connectivity index (χ4n) is 2.18. The predicted octanol–water partition coefficient (Wildman–Crippen LogP) is 3.71. The van der Waals surface area contributed by atoms with Crippen molar-refractivity contribution in [2.45, 2.75) is 20.0 Å². The number of ether oxygens (including phenoxy) is 1. The minimum Gasteiger partial charge on any atom is -0.392 e. The summed E-state index contributed by atoms with van der Waals surface area (Å²) in [6, 6.07) is 14.6. The summed E-state index contributed by atoms with van der Waals surface area (Å²) in [6.45, 7) is 5.96. The Bertz CT molecular complexity index is 609. The number of carbonyl (C=O) groups is 1. The molecule has 2 rings (SSSR count). The highest BCUT2D eigenvalue weighted by atomic mass is 16.5. The number of allylic oxidation sites excluding steroid dienone is 1. The van der Waals surface area contributed by atoms with Gasteiger partial charge in [-0.15, -0.1) is 0 Å². The van der Waals surface area contributed by atoms with E-state index in [2.05, 4.69) is 49.9 Å². The van der Waals surface area contributed by atoms with Gasteiger partial charge in [0.15, 0.2) is 0 Å². The molecule has 0 saturated carbocycles. The number of hydrogen-bond donors (Lipinski definition) is 1. The zero-order chi connectivity index (χ0) is 17.1. The first kappa shape index (κ1) is 18.8. The lowest BCUT2D eigenvalue weighted by molar-refractivity contribution is -0.104.